The lowest BCUT2D eigenvalue weighted by Gasteiger charge is -2.09. The number of rotatable bonds is 3. The van der Waals surface area contributed by atoms with E-state index < -0.39 is 0 Å². The molecule has 0 saturated carbocycles. The Morgan fingerprint density at radius 2 is 2.50 bits per heavy atom. The first-order chi connectivity index (χ1) is 7.92. The topological polar surface area (TPSA) is 29.9 Å². The molecule has 0 spiro atoms. The highest BCUT2D eigenvalue weighted by molar-refractivity contribution is 7.08. The minimum Gasteiger partial charge on any atom is -0.312 e. The van der Waals surface area contributed by atoms with Gasteiger partial charge in [-0.15, -0.1) is 0 Å². The third-order valence-corrected chi connectivity index (χ3v) is 3.74. The van der Waals surface area contributed by atoms with E-state index in [-0.39, 0.29) is 0 Å². The molecule has 3 nitrogen and oxygen atoms in total. The standard InChI is InChI=1S/C12H15N3S/c1-2-12(13-4-1)8-15-7-11(6-14-15)10-3-5-16-9-10/h3,5-7,9,12-13H,1-2,4,8H2. The van der Waals surface area contributed by atoms with E-state index in [4.69, 9.17) is 0 Å². The smallest absolute Gasteiger partial charge is 0.0568 e. The summed E-state index contributed by atoms with van der Waals surface area (Å²) < 4.78 is 2.05. The average Bonchev–Trinajstić information content (AvgIpc) is 2.99. The normalized spacial score (nSPS) is 20.4. The largest absolute Gasteiger partial charge is 0.312 e. The second-order valence-corrected chi connectivity index (χ2v) is 5.04. The highest BCUT2D eigenvalue weighted by atomic mass is 32.1. The molecule has 1 aliphatic rings. The molecule has 3 rings (SSSR count). The Balaban J connectivity index is 1.72. The van der Waals surface area contributed by atoms with Crippen LogP contribution in [0.25, 0.3) is 11.1 Å². The molecule has 2 aromatic rings. The van der Waals surface area contributed by atoms with E-state index in [0.717, 1.165) is 13.1 Å². The van der Waals surface area contributed by atoms with Gasteiger partial charge in [0.1, 0.15) is 0 Å². The van der Waals surface area contributed by atoms with Gasteiger partial charge in [0.25, 0.3) is 0 Å². The molecule has 84 valence electrons. The SMILES string of the molecule is c1cc(-c2cnn(CC3CCCN3)c2)cs1. The van der Waals surface area contributed by atoms with Crippen LogP contribution >= 0.6 is 11.3 Å². The van der Waals surface area contributed by atoms with E-state index in [1.54, 1.807) is 11.3 Å². The molecule has 2 aromatic heterocycles. The Kier molecular flexibility index (Phi) is 2.76. The maximum atomic E-state index is 4.42. The lowest BCUT2D eigenvalue weighted by molar-refractivity contribution is 0.476. The van der Waals surface area contributed by atoms with Crippen molar-refractivity contribution in [3.05, 3.63) is 29.2 Å². The van der Waals surface area contributed by atoms with Gasteiger partial charge in [-0.3, -0.25) is 4.68 Å². The molecule has 1 fully saturated rings. The van der Waals surface area contributed by atoms with Crippen LogP contribution in [-0.2, 0) is 6.54 Å². The van der Waals surface area contributed by atoms with Crippen LogP contribution in [0.2, 0.25) is 0 Å². The molecule has 1 aliphatic heterocycles. The van der Waals surface area contributed by atoms with Crippen molar-refractivity contribution in [2.45, 2.75) is 25.4 Å². The number of nitrogens with one attached hydrogen (secondary N) is 1. The molecule has 0 aliphatic carbocycles. The maximum Gasteiger partial charge on any atom is 0.0568 e. The van der Waals surface area contributed by atoms with Gasteiger partial charge in [0.15, 0.2) is 0 Å². The van der Waals surface area contributed by atoms with Gasteiger partial charge in [-0.1, -0.05) is 0 Å². The minimum atomic E-state index is 0.607. The van der Waals surface area contributed by atoms with Gasteiger partial charge in [-0.2, -0.15) is 16.4 Å². The van der Waals surface area contributed by atoms with Crippen molar-refractivity contribution in [2.75, 3.05) is 6.54 Å². The van der Waals surface area contributed by atoms with Crippen LogP contribution in [0.5, 0.6) is 0 Å². The van der Waals surface area contributed by atoms with E-state index in [9.17, 15) is 0 Å². The van der Waals surface area contributed by atoms with Crippen molar-refractivity contribution >= 4 is 11.3 Å². The van der Waals surface area contributed by atoms with Crippen molar-refractivity contribution in [2.24, 2.45) is 0 Å². The average molecular weight is 233 g/mol. The summed E-state index contributed by atoms with van der Waals surface area (Å²) in [5.41, 5.74) is 2.50. The Hall–Kier alpha value is -1.13. The molecule has 1 saturated heterocycles. The molecular weight excluding hydrogens is 218 g/mol. The summed E-state index contributed by atoms with van der Waals surface area (Å²) >= 11 is 1.73. The lowest BCUT2D eigenvalue weighted by atomic mass is 10.2. The van der Waals surface area contributed by atoms with Crippen LogP contribution < -0.4 is 5.32 Å². The van der Waals surface area contributed by atoms with Gasteiger partial charge in [0, 0.05) is 17.8 Å². The zero-order valence-corrected chi connectivity index (χ0v) is 9.91. The molecule has 0 radical (unpaired) electrons. The Morgan fingerprint density at radius 1 is 1.50 bits per heavy atom. The zero-order chi connectivity index (χ0) is 10.8. The second-order valence-electron chi connectivity index (χ2n) is 4.26. The Morgan fingerprint density at radius 3 is 3.25 bits per heavy atom. The summed E-state index contributed by atoms with van der Waals surface area (Å²) in [5, 5.41) is 12.2. The molecule has 3 heterocycles. The third kappa shape index (κ3) is 2.03. The van der Waals surface area contributed by atoms with Crippen molar-refractivity contribution in [3.63, 3.8) is 0 Å². The monoisotopic (exact) mass is 233 g/mol. The summed E-state index contributed by atoms with van der Waals surface area (Å²) in [6.45, 7) is 2.15. The van der Waals surface area contributed by atoms with Gasteiger partial charge >= 0.3 is 0 Å². The van der Waals surface area contributed by atoms with Gasteiger partial charge in [-0.25, -0.2) is 0 Å². The molecule has 4 heteroatoms. The van der Waals surface area contributed by atoms with Crippen molar-refractivity contribution in [3.8, 4) is 11.1 Å². The quantitative estimate of drug-likeness (QED) is 0.882. The maximum absolute atomic E-state index is 4.42. The van der Waals surface area contributed by atoms with Crippen LogP contribution in [0.4, 0.5) is 0 Å². The van der Waals surface area contributed by atoms with E-state index >= 15 is 0 Å². The van der Waals surface area contributed by atoms with Crippen LogP contribution in [0.15, 0.2) is 29.2 Å². The fraction of sp³-hybridized carbons (Fsp3) is 0.417. The first kappa shape index (κ1) is 10.1. The van der Waals surface area contributed by atoms with E-state index in [1.807, 2.05) is 6.20 Å². The van der Waals surface area contributed by atoms with Crippen LogP contribution in [0, 0.1) is 0 Å². The first-order valence-electron chi connectivity index (χ1n) is 5.70. The summed E-state index contributed by atoms with van der Waals surface area (Å²) in [6, 6.07) is 2.75. The van der Waals surface area contributed by atoms with Crippen LogP contribution in [0.3, 0.4) is 0 Å². The Labute approximate surface area is 99.1 Å². The van der Waals surface area contributed by atoms with E-state index in [0.29, 0.717) is 6.04 Å². The number of hydrogen-bond acceptors (Lipinski definition) is 3. The highest BCUT2D eigenvalue weighted by Gasteiger charge is 2.14. The van der Waals surface area contributed by atoms with E-state index in [2.05, 4.69) is 38.1 Å². The number of nitrogens with zero attached hydrogens (tertiary/aromatic N) is 2. The van der Waals surface area contributed by atoms with Crippen molar-refractivity contribution < 1.29 is 0 Å². The van der Waals surface area contributed by atoms with Crippen molar-refractivity contribution in [1.29, 1.82) is 0 Å². The molecule has 0 aromatic carbocycles. The number of thiophene rings is 1. The molecule has 16 heavy (non-hydrogen) atoms. The predicted octanol–water partition coefficient (Wildman–Crippen LogP) is 2.36. The highest BCUT2D eigenvalue weighted by Crippen LogP contribution is 2.21. The first-order valence-corrected chi connectivity index (χ1v) is 6.64. The van der Waals surface area contributed by atoms with Gasteiger partial charge < -0.3 is 5.32 Å². The molecule has 1 N–H and O–H groups in total. The minimum absolute atomic E-state index is 0.607. The fourth-order valence-corrected chi connectivity index (χ4v) is 2.84. The summed E-state index contributed by atoms with van der Waals surface area (Å²) in [4.78, 5) is 0. The molecule has 0 bridgehead atoms. The fourth-order valence-electron chi connectivity index (χ4n) is 2.18. The predicted molar refractivity (Wildman–Crippen MR) is 66.6 cm³/mol. The second kappa shape index (κ2) is 4.39. The van der Waals surface area contributed by atoms with E-state index in [1.165, 1.54) is 24.0 Å². The van der Waals surface area contributed by atoms with Gasteiger partial charge in [0.05, 0.1) is 12.7 Å². The van der Waals surface area contributed by atoms with Gasteiger partial charge in [-0.05, 0) is 41.8 Å². The van der Waals surface area contributed by atoms with Crippen molar-refractivity contribution in [1.82, 2.24) is 15.1 Å². The lowest BCUT2D eigenvalue weighted by Crippen LogP contribution is -2.26. The molecular formula is C12H15N3S. The number of hydrogen-bond donors (Lipinski definition) is 1. The zero-order valence-electron chi connectivity index (χ0n) is 9.10. The summed E-state index contributed by atoms with van der Waals surface area (Å²) in [6.07, 6.45) is 6.66. The van der Waals surface area contributed by atoms with Crippen LogP contribution in [0.1, 0.15) is 12.8 Å². The molecule has 1 atom stereocenters. The van der Waals surface area contributed by atoms with Gasteiger partial charge in [0.2, 0.25) is 0 Å². The van der Waals surface area contributed by atoms with Crippen LogP contribution in [-0.4, -0.2) is 22.4 Å². The third-order valence-electron chi connectivity index (χ3n) is 3.06. The number of aromatic nitrogens is 2. The molecule has 1 unspecified atom stereocenters. The summed E-state index contributed by atoms with van der Waals surface area (Å²) in [5.74, 6) is 0. The molecule has 0 amide bonds. The summed E-state index contributed by atoms with van der Waals surface area (Å²) in [7, 11) is 0. The Bertz CT molecular complexity index is 441.